The third-order valence-corrected chi connectivity index (χ3v) is 4.20. The molecule has 1 aromatic rings. The molecule has 0 aromatic heterocycles. The molecule has 21 heavy (non-hydrogen) atoms. The average Bonchev–Trinajstić information content (AvgIpc) is 2.95. The van der Waals surface area contributed by atoms with Gasteiger partial charge in [0.15, 0.2) is 0 Å². The second kappa shape index (κ2) is 6.31. The van der Waals surface area contributed by atoms with Gasteiger partial charge in [0.1, 0.15) is 5.75 Å². The average molecular weight is 287 g/mol. The molecule has 1 aromatic carbocycles. The summed E-state index contributed by atoms with van der Waals surface area (Å²) in [4.78, 5) is 11.9. The lowest BCUT2D eigenvalue weighted by Crippen LogP contribution is -2.44. The first-order valence-electron chi connectivity index (χ1n) is 7.65. The van der Waals surface area contributed by atoms with Gasteiger partial charge in [-0.3, -0.25) is 4.79 Å². The van der Waals surface area contributed by atoms with Gasteiger partial charge in [-0.2, -0.15) is 0 Å². The molecule has 0 radical (unpaired) electrons. The maximum Gasteiger partial charge on any atom is 0.244 e. The van der Waals surface area contributed by atoms with Crippen LogP contribution in [0.4, 0.5) is 0 Å². The minimum atomic E-state index is -0.409. The summed E-state index contributed by atoms with van der Waals surface area (Å²) in [5, 5.41) is 12.7. The molecule has 2 N–H and O–H groups in total. The van der Waals surface area contributed by atoms with Crippen molar-refractivity contribution in [1.29, 1.82) is 0 Å². The van der Waals surface area contributed by atoms with E-state index in [0.717, 1.165) is 50.0 Å². The molecule has 1 saturated carbocycles. The number of aliphatic hydroxyl groups is 1. The molecule has 2 atom stereocenters. The van der Waals surface area contributed by atoms with Crippen molar-refractivity contribution in [2.75, 3.05) is 6.61 Å². The summed E-state index contributed by atoms with van der Waals surface area (Å²) in [7, 11) is 0. The van der Waals surface area contributed by atoms with E-state index in [2.05, 4.69) is 11.4 Å². The standard InChI is InChI=1S/C17H21NO3/c19-15-4-2-1-3-14(15)18-17(20)8-6-12-5-7-16-13(11-12)9-10-21-16/h5-8,11,14-15,19H,1-4,9-10H2,(H,18,20). The molecule has 0 saturated heterocycles. The monoisotopic (exact) mass is 287 g/mol. The second-order valence-electron chi connectivity index (χ2n) is 5.77. The highest BCUT2D eigenvalue weighted by molar-refractivity contribution is 5.92. The van der Waals surface area contributed by atoms with Gasteiger partial charge in [0, 0.05) is 12.5 Å². The number of amides is 1. The molecule has 0 bridgehead atoms. The van der Waals surface area contributed by atoms with Crippen molar-refractivity contribution in [2.45, 2.75) is 44.2 Å². The van der Waals surface area contributed by atoms with E-state index in [4.69, 9.17) is 4.74 Å². The number of carbonyl (C=O) groups excluding carboxylic acids is 1. The van der Waals surface area contributed by atoms with Crippen LogP contribution < -0.4 is 10.1 Å². The summed E-state index contributed by atoms with van der Waals surface area (Å²) in [5.74, 6) is 0.805. The Kier molecular flexibility index (Phi) is 4.25. The molecule has 1 heterocycles. The number of fused-ring (bicyclic) bond motifs is 1. The maximum absolute atomic E-state index is 11.9. The largest absolute Gasteiger partial charge is 0.493 e. The van der Waals surface area contributed by atoms with Gasteiger partial charge in [0.25, 0.3) is 0 Å². The minimum absolute atomic E-state index is 0.107. The van der Waals surface area contributed by atoms with Crippen LogP contribution in [0.25, 0.3) is 6.08 Å². The molecular formula is C17H21NO3. The van der Waals surface area contributed by atoms with Crippen LogP contribution in [0.15, 0.2) is 24.3 Å². The molecule has 1 aliphatic heterocycles. The summed E-state index contributed by atoms with van der Waals surface area (Å²) in [6.07, 6.45) is 7.61. The first-order chi connectivity index (χ1) is 10.2. The topological polar surface area (TPSA) is 58.6 Å². The highest BCUT2D eigenvalue weighted by atomic mass is 16.5. The van der Waals surface area contributed by atoms with Gasteiger partial charge in [0.05, 0.1) is 18.8 Å². The molecule has 4 heteroatoms. The van der Waals surface area contributed by atoms with Crippen molar-refractivity contribution >= 4 is 12.0 Å². The van der Waals surface area contributed by atoms with E-state index in [1.807, 2.05) is 18.2 Å². The van der Waals surface area contributed by atoms with Crippen molar-refractivity contribution in [3.8, 4) is 5.75 Å². The molecular weight excluding hydrogens is 266 g/mol. The molecule has 0 spiro atoms. The van der Waals surface area contributed by atoms with E-state index >= 15 is 0 Å². The third-order valence-electron chi connectivity index (χ3n) is 4.20. The SMILES string of the molecule is O=C(C=Cc1ccc2c(c1)CCO2)NC1CCCCC1O. The highest BCUT2D eigenvalue weighted by Gasteiger charge is 2.23. The Hall–Kier alpha value is -1.81. The first kappa shape index (κ1) is 14.1. The summed E-state index contributed by atoms with van der Waals surface area (Å²) < 4.78 is 5.46. The Labute approximate surface area is 124 Å². The number of hydrogen-bond donors (Lipinski definition) is 2. The van der Waals surface area contributed by atoms with Crippen LogP contribution in [0.2, 0.25) is 0 Å². The van der Waals surface area contributed by atoms with Crippen molar-refractivity contribution in [2.24, 2.45) is 0 Å². The molecule has 112 valence electrons. The number of aliphatic hydroxyl groups excluding tert-OH is 1. The minimum Gasteiger partial charge on any atom is -0.493 e. The lowest BCUT2D eigenvalue weighted by molar-refractivity contribution is -0.118. The fourth-order valence-corrected chi connectivity index (χ4v) is 2.99. The van der Waals surface area contributed by atoms with Crippen LogP contribution in [0, 0.1) is 0 Å². The third kappa shape index (κ3) is 3.45. The summed E-state index contributed by atoms with van der Waals surface area (Å²) in [5.41, 5.74) is 2.19. The molecule has 4 nitrogen and oxygen atoms in total. The van der Waals surface area contributed by atoms with Crippen LogP contribution >= 0.6 is 0 Å². The van der Waals surface area contributed by atoms with Gasteiger partial charge >= 0.3 is 0 Å². The maximum atomic E-state index is 11.9. The van der Waals surface area contributed by atoms with E-state index in [-0.39, 0.29) is 11.9 Å². The number of benzene rings is 1. The second-order valence-corrected chi connectivity index (χ2v) is 5.77. The zero-order valence-corrected chi connectivity index (χ0v) is 12.0. The Morgan fingerprint density at radius 1 is 1.33 bits per heavy atom. The summed E-state index contributed by atoms with van der Waals surface area (Å²) in [6, 6.07) is 5.85. The van der Waals surface area contributed by atoms with E-state index in [1.165, 1.54) is 5.56 Å². The quantitative estimate of drug-likeness (QED) is 0.837. The lowest BCUT2D eigenvalue weighted by Gasteiger charge is -2.27. The van der Waals surface area contributed by atoms with E-state index < -0.39 is 6.10 Å². The van der Waals surface area contributed by atoms with Crippen molar-refractivity contribution in [1.82, 2.24) is 5.32 Å². The molecule has 2 unspecified atom stereocenters. The van der Waals surface area contributed by atoms with Gasteiger partial charge in [0.2, 0.25) is 5.91 Å². The molecule has 1 aliphatic carbocycles. The lowest BCUT2D eigenvalue weighted by atomic mass is 9.92. The summed E-state index contributed by atoms with van der Waals surface area (Å²) in [6.45, 7) is 0.739. The van der Waals surface area contributed by atoms with Crippen LogP contribution in [0.3, 0.4) is 0 Å². The fraction of sp³-hybridized carbons (Fsp3) is 0.471. The number of rotatable bonds is 3. The van der Waals surface area contributed by atoms with Crippen molar-refractivity contribution in [3.05, 3.63) is 35.4 Å². The van der Waals surface area contributed by atoms with E-state index in [1.54, 1.807) is 6.08 Å². The zero-order chi connectivity index (χ0) is 14.7. The van der Waals surface area contributed by atoms with Crippen LogP contribution in [-0.2, 0) is 11.2 Å². The Morgan fingerprint density at radius 2 is 2.19 bits per heavy atom. The number of hydrogen-bond acceptors (Lipinski definition) is 3. The van der Waals surface area contributed by atoms with Gasteiger partial charge < -0.3 is 15.2 Å². The molecule has 1 amide bonds. The number of carbonyl (C=O) groups is 1. The van der Waals surface area contributed by atoms with Crippen molar-refractivity contribution < 1.29 is 14.6 Å². The van der Waals surface area contributed by atoms with Crippen LogP contribution in [0.5, 0.6) is 5.75 Å². The van der Waals surface area contributed by atoms with Gasteiger partial charge in [-0.1, -0.05) is 18.9 Å². The van der Waals surface area contributed by atoms with Crippen LogP contribution in [0.1, 0.15) is 36.8 Å². The summed E-state index contributed by atoms with van der Waals surface area (Å²) >= 11 is 0. The Bertz CT molecular complexity index is 553. The van der Waals surface area contributed by atoms with Gasteiger partial charge in [-0.05, 0) is 42.2 Å². The smallest absolute Gasteiger partial charge is 0.244 e. The molecule has 2 aliphatic rings. The van der Waals surface area contributed by atoms with E-state index in [0.29, 0.717) is 0 Å². The number of nitrogens with one attached hydrogen (secondary N) is 1. The van der Waals surface area contributed by atoms with Crippen molar-refractivity contribution in [3.63, 3.8) is 0 Å². The predicted octanol–water partition coefficient (Wildman–Crippen LogP) is 2.05. The number of ether oxygens (including phenoxy) is 1. The molecule has 1 fully saturated rings. The zero-order valence-electron chi connectivity index (χ0n) is 12.0. The highest BCUT2D eigenvalue weighted by Crippen LogP contribution is 2.26. The molecule has 3 rings (SSSR count). The van der Waals surface area contributed by atoms with Gasteiger partial charge in [-0.25, -0.2) is 0 Å². The predicted molar refractivity (Wildman–Crippen MR) is 81.1 cm³/mol. The normalized spacial score (nSPS) is 24.6. The Balaban J connectivity index is 1.59. The first-order valence-corrected chi connectivity index (χ1v) is 7.65. The van der Waals surface area contributed by atoms with Gasteiger partial charge in [-0.15, -0.1) is 0 Å². The van der Waals surface area contributed by atoms with E-state index in [9.17, 15) is 9.90 Å². The fourth-order valence-electron chi connectivity index (χ4n) is 2.99. The Morgan fingerprint density at radius 3 is 3.05 bits per heavy atom. The van der Waals surface area contributed by atoms with Crippen LogP contribution in [-0.4, -0.2) is 29.8 Å².